The second-order valence-corrected chi connectivity index (χ2v) is 10.1. The van der Waals surface area contributed by atoms with E-state index in [0.29, 0.717) is 5.39 Å². The van der Waals surface area contributed by atoms with Gasteiger partial charge in [0.15, 0.2) is 5.03 Å². The molecule has 0 aliphatic rings. The zero-order valence-electron chi connectivity index (χ0n) is 19.7. The van der Waals surface area contributed by atoms with Crippen LogP contribution in [-0.4, -0.2) is 41.4 Å². The summed E-state index contributed by atoms with van der Waals surface area (Å²) >= 11 is 0. The van der Waals surface area contributed by atoms with Crippen LogP contribution in [0.1, 0.15) is 0 Å². The Balaban J connectivity index is 0.00000160. The third-order valence-electron chi connectivity index (χ3n) is 5.42. The summed E-state index contributed by atoms with van der Waals surface area (Å²) in [7, 11) is -10.8. The second-order valence-electron chi connectivity index (χ2n) is 7.48. The van der Waals surface area contributed by atoms with Crippen molar-refractivity contribution in [2.24, 2.45) is 0 Å². The van der Waals surface area contributed by atoms with Gasteiger partial charge in [0.1, 0.15) is 20.2 Å². The molecule has 0 fully saturated rings. The fraction of sp³-hybridized carbons (Fsp3) is 0. The molecular weight excluding hydrogens is 538 g/mol. The van der Waals surface area contributed by atoms with Gasteiger partial charge in [0.05, 0.1) is 15.9 Å². The minimum absolute atomic E-state index is 0. The number of aromatic nitrogens is 2. The summed E-state index contributed by atoms with van der Waals surface area (Å²) in [6, 6.07) is 22.3. The predicted molar refractivity (Wildman–Crippen MR) is 127 cm³/mol. The minimum Gasteiger partial charge on any atom is -0.744 e. The summed E-state index contributed by atoms with van der Waals surface area (Å²) in [5.41, 5.74) is 1.94. The number of rotatable bonds is 4. The maximum Gasteiger partial charge on any atom is 1.00 e. The summed E-state index contributed by atoms with van der Waals surface area (Å²) in [5.74, 6) is 0. The summed E-state index contributed by atoms with van der Waals surface area (Å²) in [5, 5.41) is -0.550. The Hall–Kier alpha value is -1.74. The quantitative estimate of drug-likeness (QED) is 0.129. The summed E-state index contributed by atoms with van der Waals surface area (Å²) in [4.78, 5) is 7.11. The van der Waals surface area contributed by atoms with Crippen molar-refractivity contribution in [3.63, 3.8) is 0 Å². The maximum atomic E-state index is 12.2. The number of nitrogens with zero attached hydrogens (tertiary/aromatic N) is 2. The molecule has 3 aromatic carbocycles. The molecule has 2 aromatic heterocycles. The van der Waals surface area contributed by atoms with E-state index >= 15 is 0 Å². The van der Waals surface area contributed by atoms with Gasteiger partial charge in [-0.05, 0) is 22.8 Å². The number of benzene rings is 3. The van der Waals surface area contributed by atoms with Crippen LogP contribution in [0.4, 0.5) is 0 Å². The molecule has 13 heteroatoms. The van der Waals surface area contributed by atoms with Gasteiger partial charge in [-0.1, -0.05) is 72.8 Å². The molecular formula is C24H16N2Na2O7S2. The van der Waals surface area contributed by atoms with Crippen molar-refractivity contribution in [3.05, 3.63) is 85.1 Å². The first-order valence-corrected chi connectivity index (χ1v) is 12.8. The predicted octanol–water partition coefficient (Wildman–Crippen LogP) is -2.89. The van der Waals surface area contributed by atoms with Gasteiger partial charge in [-0.25, -0.2) is 21.8 Å². The van der Waals surface area contributed by atoms with Gasteiger partial charge in [0.25, 0.3) is 0 Å². The van der Waals surface area contributed by atoms with Crippen LogP contribution in [0.25, 0.3) is 44.1 Å². The summed E-state index contributed by atoms with van der Waals surface area (Å²) < 4.78 is 73.0. The van der Waals surface area contributed by atoms with Crippen molar-refractivity contribution < 1.29 is 90.5 Å². The molecule has 0 radical (unpaired) electrons. The normalized spacial score (nSPS) is 11.3. The number of hydrogen-bond acceptors (Lipinski definition) is 8. The molecule has 0 spiro atoms. The molecule has 0 saturated heterocycles. The van der Waals surface area contributed by atoms with E-state index in [0.717, 1.165) is 11.1 Å². The van der Waals surface area contributed by atoms with E-state index in [2.05, 4.69) is 9.97 Å². The van der Waals surface area contributed by atoms with Crippen LogP contribution >= 0.6 is 0 Å². The first-order valence-electron chi connectivity index (χ1n) is 9.94. The van der Waals surface area contributed by atoms with E-state index in [1.54, 1.807) is 36.4 Å². The van der Waals surface area contributed by atoms with Gasteiger partial charge in [0.2, 0.25) is 0 Å². The number of pyridine rings is 2. The van der Waals surface area contributed by atoms with E-state index in [1.165, 1.54) is 18.3 Å². The van der Waals surface area contributed by atoms with E-state index < -0.39 is 30.2 Å². The molecule has 5 rings (SSSR count). The molecule has 0 aliphatic carbocycles. The van der Waals surface area contributed by atoms with Crippen molar-refractivity contribution in [1.82, 2.24) is 9.97 Å². The zero-order valence-corrected chi connectivity index (χ0v) is 25.4. The van der Waals surface area contributed by atoms with E-state index in [1.807, 2.05) is 30.3 Å². The summed E-state index contributed by atoms with van der Waals surface area (Å²) in [6.45, 7) is 0. The van der Waals surface area contributed by atoms with Crippen LogP contribution < -0.4 is 59.1 Å². The maximum absolute atomic E-state index is 12.2. The molecule has 2 N–H and O–H groups in total. The topological polar surface area (TPSA) is 172 Å². The Kier molecular flexibility index (Phi) is 10.2. The van der Waals surface area contributed by atoms with Crippen molar-refractivity contribution in [2.45, 2.75) is 9.92 Å². The average molecular weight is 555 g/mol. The van der Waals surface area contributed by atoms with Gasteiger partial charge in [0, 0.05) is 22.5 Å². The number of hydrogen-bond donors (Lipinski definition) is 0. The molecule has 0 atom stereocenters. The standard InChI is InChI=1S/C24H16N2O6S2.2Na.H2O/c27-33(28,29)23-20(16-9-5-2-6-10-16)19-12-11-18-17(15-7-3-1-4-8-15)13-14-25-21(18)22(19)26-24(23)34(30,31)32;;;/h1-14H,(H,27,28,29)(H,30,31,32);;;1H2/q;2*+1;/p-2. The second kappa shape index (κ2) is 12.0. The van der Waals surface area contributed by atoms with Crippen molar-refractivity contribution in [1.29, 1.82) is 0 Å². The Labute approximate surface area is 257 Å². The zero-order chi connectivity index (χ0) is 24.1. The summed E-state index contributed by atoms with van der Waals surface area (Å²) in [6.07, 6.45) is 1.51. The molecule has 5 aromatic rings. The van der Waals surface area contributed by atoms with Crippen LogP contribution in [0.5, 0.6) is 0 Å². The molecule has 0 bridgehead atoms. The number of fused-ring (bicyclic) bond motifs is 3. The van der Waals surface area contributed by atoms with E-state index in [9.17, 15) is 25.9 Å². The van der Waals surface area contributed by atoms with Crippen molar-refractivity contribution in [2.75, 3.05) is 0 Å². The molecule has 0 unspecified atom stereocenters. The Morgan fingerprint density at radius 3 is 1.70 bits per heavy atom. The van der Waals surface area contributed by atoms with Gasteiger partial charge in [-0.15, -0.1) is 0 Å². The SMILES string of the molecule is O.O=S(=O)([O-])c1nc2c(ccc3c(-c4ccccc4)ccnc32)c(-c2ccccc2)c1S(=O)(=O)[O-].[Na+].[Na+]. The molecule has 37 heavy (non-hydrogen) atoms. The average Bonchev–Trinajstić information content (AvgIpc) is 2.82. The monoisotopic (exact) mass is 554 g/mol. The van der Waals surface area contributed by atoms with Gasteiger partial charge >= 0.3 is 59.1 Å². The minimum atomic E-state index is -5.44. The van der Waals surface area contributed by atoms with E-state index in [4.69, 9.17) is 0 Å². The van der Waals surface area contributed by atoms with Crippen LogP contribution in [0.3, 0.4) is 0 Å². The van der Waals surface area contributed by atoms with E-state index in [-0.39, 0.29) is 92.1 Å². The Morgan fingerprint density at radius 1 is 0.622 bits per heavy atom. The smallest absolute Gasteiger partial charge is 0.744 e. The molecule has 2 heterocycles. The van der Waals surface area contributed by atoms with Crippen LogP contribution in [0.2, 0.25) is 0 Å². The molecule has 178 valence electrons. The third kappa shape index (κ3) is 5.97. The first kappa shape index (κ1) is 31.5. The van der Waals surface area contributed by atoms with Crippen LogP contribution in [0.15, 0.2) is 95.0 Å². The largest absolute Gasteiger partial charge is 1.00 e. The van der Waals surface area contributed by atoms with Crippen LogP contribution in [0, 0.1) is 0 Å². The molecule has 0 amide bonds. The molecule has 9 nitrogen and oxygen atoms in total. The third-order valence-corrected chi connectivity index (χ3v) is 7.22. The fourth-order valence-corrected chi connectivity index (χ4v) is 5.94. The van der Waals surface area contributed by atoms with Crippen molar-refractivity contribution in [3.8, 4) is 22.3 Å². The van der Waals surface area contributed by atoms with Gasteiger partial charge in [-0.3, -0.25) is 4.98 Å². The Bertz CT molecular complexity index is 1800. The molecule has 0 saturated carbocycles. The molecule has 0 aliphatic heterocycles. The fourth-order valence-electron chi connectivity index (χ4n) is 4.06. The van der Waals surface area contributed by atoms with Gasteiger partial charge in [-0.2, -0.15) is 0 Å². The van der Waals surface area contributed by atoms with Gasteiger partial charge < -0.3 is 14.6 Å². The van der Waals surface area contributed by atoms with Crippen molar-refractivity contribution >= 4 is 42.0 Å². The first-order chi connectivity index (χ1) is 16.2. The Morgan fingerprint density at radius 2 is 1.16 bits per heavy atom. The van der Waals surface area contributed by atoms with Crippen LogP contribution in [-0.2, 0) is 20.2 Å².